The van der Waals surface area contributed by atoms with Crippen molar-refractivity contribution in [1.82, 2.24) is 15.3 Å². The SMILES string of the molecule is O=C(COc1cc(Cl)ccc1Cl)NCCc1[nH]cnc1-c1cccs1. The maximum absolute atomic E-state index is 11.9. The Hall–Kier alpha value is -2.02. The highest BCUT2D eigenvalue weighted by atomic mass is 35.5. The molecule has 2 heterocycles. The molecular formula is C17H15Cl2N3O2S. The number of H-pyrrole nitrogens is 1. The number of aromatic amines is 1. The molecule has 25 heavy (non-hydrogen) atoms. The van der Waals surface area contributed by atoms with Crippen LogP contribution < -0.4 is 10.1 Å². The highest BCUT2D eigenvalue weighted by molar-refractivity contribution is 7.13. The lowest BCUT2D eigenvalue weighted by Gasteiger charge is -2.09. The zero-order valence-electron chi connectivity index (χ0n) is 13.1. The predicted octanol–water partition coefficient (Wildman–Crippen LogP) is 4.18. The molecule has 0 radical (unpaired) electrons. The molecule has 0 saturated heterocycles. The van der Waals surface area contributed by atoms with E-state index in [0.717, 1.165) is 16.3 Å². The van der Waals surface area contributed by atoms with E-state index in [1.54, 1.807) is 35.9 Å². The van der Waals surface area contributed by atoms with Crippen molar-refractivity contribution in [3.63, 3.8) is 0 Å². The number of amides is 1. The molecular weight excluding hydrogens is 381 g/mol. The van der Waals surface area contributed by atoms with Gasteiger partial charge in [-0.15, -0.1) is 11.3 Å². The number of nitrogens with zero attached hydrogens (tertiary/aromatic N) is 1. The monoisotopic (exact) mass is 395 g/mol. The average molecular weight is 396 g/mol. The number of thiophene rings is 1. The Morgan fingerprint density at radius 3 is 3.00 bits per heavy atom. The summed E-state index contributed by atoms with van der Waals surface area (Å²) in [6.07, 6.45) is 2.31. The van der Waals surface area contributed by atoms with Crippen molar-refractivity contribution in [3.05, 3.63) is 57.8 Å². The first-order chi connectivity index (χ1) is 12.1. The quantitative estimate of drug-likeness (QED) is 0.630. The standard InChI is InChI=1S/C17H15Cl2N3O2S/c18-11-3-4-12(19)14(8-11)24-9-16(23)20-6-5-13-17(22-10-21-13)15-2-1-7-25-15/h1-4,7-8,10H,5-6,9H2,(H,20,23)(H,21,22). The molecule has 3 aromatic rings. The van der Waals surface area contributed by atoms with Crippen molar-refractivity contribution in [3.8, 4) is 16.3 Å². The van der Waals surface area contributed by atoms with Gasteiger partial charge in [0.05, 0.1) is 16.2 Å². The number of aromatic nitrogens is 2. The van der Waals surface area contributed by atoms with E-state index in [-0.39, 0.29) is 12.5 Å². The van der Waals surface area contributed by atoms with Crippen LogP contribution in [0.5, 0.6) is 5.75 Å². The lowest BCUT2D eigenvalue weighted by atomic mass is 10.2. The number of nitrogens with one attached hydrogen (secondary N) is 2. The Kier molecular flexibility index (Phi) is 5.96. The minimum atomic E-state index is -0.228. The van der Waals surface area contributed by atoms with Gasteiger partial charge in [0.1, 0.15) is 11.4 Å². The van der Waals surface area contributed by atoms with E-state index >= 15 is 0 Å². The second kappa shape index (κ2) is 8.38. The Morgan fingerprint density at radius 1 is 1.32 bits per heavy atom. The highest BCUT2D eigenvalue weighted by Gasteiger charge is 2.10. The largest absolute Gasteiger partial charge is 0.482 e. The Balaban J connectivity index is 1.47. The molecule has 1 amide bonds. The number of ether oxygens (including phenoxy) is 1. The van der Waals surface area contributed by atoms with Crippen LogP contribution in [0.3, 0.4) is 0 Å². The molecule has 0 spiro atoms. The summed E-state index contributed by atoms with van der Waals surface area (Å²) in [5.74, 6) is 0.158. The van der Waals surface area contributed by atoms with Gasteiger partial charge in [0.15, 0.2) is 6.61 Å². The Labute approximate surface area is 159 Å². The molecule has 0 saturated carbocycles. The molecule has 0 fully saturated rings. The van der Waals surface area contributed by atoms with Gasteiger partial charge in [-0.25, -0.2) is 4.98 Å². The molecule has 0 aliphatic rings. The number of hydrogen-bond donors (Lipinski definition) is 2. The summed E-state index contributed by atoms with van der Waals surface area (Å²) in [4.78, 5) is 20.5. The fraction of sp³-hybridized carbons (Fsp3) is 0.176. The topological polar surface area (TPSA) is 67.0 Å². The van der Waals surface area contributed by atoms with Crippen molar-refractivity contribution in [2.24, 2.45) is 0 Å². The lowest BCUT2D eigenvalue weighted by molar-refractivity contribution is -0.123. The lowest BCUT2D eigenvalue weighted by Crippen LogP contribution is -2.30. The minimum absolute atomic E-state index is 0.124. The molecule has 2 N–H and O–H groups in total. The summed E-state index contributed by atoms with van der Waals surface area (Å²) >= 11 is 13.5. The van der Waals surface area contributed by atoms with Gasteiger partial charge >= 0.3 is 0 Å². The highest BCUT2D eigenvalue weighted by Crippen LogP contribution is 2.27. The third-order valence-electron chi connectivity index (χ3n) is 3.42. The molecule has 0 unspecified atom stereocenters. The molecule has 0 bridgehead atoms. The maximum atomic E-state index is 11.9. The summed E-state index contributed by atoms with van der Waals surface area (Å²) in [7, 11) is 0. The number of hydrogen-bond acceptors (Lipinski definition) is 4. The number of imidazole rings is 1. The van der Waals surface area contributed by atoms with Crippen molar-refractivity contribution in [2.75, 3.05) is 13.2 Å². The van der Waals surface area contributed by atoms with Crippen LogP contribution in [0.25, 0.3) is 10.6 Å². The van der Waals surface area contributed by atoms with Gasteiger partial charge in [-0.05, 0) is 23.6 Å². The summed E-state index contributed by atoms with van der Waals surface area (Å²) in [6, 6.07) is 8.87. The van der Waals surface area contributed by atoms with E-state index in [4.69, 9.17) is 27.9 Å². The Bertz CT molecular complexity index is 849. The first kappa shape index (κ1) is 17.8. The second-order valence-electron chi connectivity index (χ2n) is 5.17. The van der Waals surface area contributed by atoms with E-state index in [0.29, 0.717) is 28.8 Å². The van der Waals surface area contributed by atoms with E-state index in [1.165, 1.54) is 0 Å². The van der Waals surface area contributed by atoms with Gasteiger partial charge in [-0.2, -0.15) is 0 Å². The summed E-state index contributed by atoms with van der Waals surface area (Å²) in [5, 5.41) is 5.73. The van der Waals surface area contributed by atoms with Crippen LogP contribution in [0.15, 0.2) is 42.0 Å². The van der Waals surface area contributed by atoms with E-state index < -0.39 is 0 Å². The molecule has 0 atom stereocenters. The van der Waals surface area contributed by atoms with Crippen LogP contribution in [-0.4, -0.2) is 29.0 Å². The number of carbonyl (C=O) groups is 1. The van der Waals surface area contributed by atoms with Crippen LogP contribution in [0, 0.1) is 0 Å². The molecule has 0 aliphatic heterocycles. The zero-order chi connectivity index (χ0) is 17.6. The fourth-order valence-electron chi connectivity index (χ4n) is 2.25. The van der Waals surface area contributed by atoms with E-state index in [1.807, 2.05) is 17.5 Å². The average Bonchev–Trinajstić information content (AvgIpc) is 3.26. The molecule has 130 valence electrons. The molecule has 2 aromatic heterocycles. The van der Waals surface area contributed by atoms with Crippen LogP contribution in [-0.2, 0) is 11.2 Å². The van der Waals surface area contributed by atoms with Crippen LogP contribution in [0.2, 0.25) is 10.0 Å². The first-order valence-corrected chi connectivity index (χ1v) is 9.17. The maximum Gasteiger partial charge on any atom is 0.257 e. The van der Waals surface area contributed by atoms with E-state index in [9.17, 15) is 4.79 Å². The van der Waals surface area contributed by atoms with Gasteiger partial charge in [-0.1, -0.05) is 29.3 Å². The summed E-state index contributed by atoms with van der Waals surface area (Å²) in [6.45, 7) is 0.354. The smallest absolute Gasteiger partial charge is 0.257 e. The van der Waals surface area contributed by atoms with Gasteiger partial charge in [0, 0.05) is 29.7 Å². The van der Waals surface area contributed by atoms with Crippen molar-refractivity contribution in [1.29, 1.82) is 0 Å². The van der Waals surface area contributed by atoms with Gasteiger partial charge in [0.2, 0.25) is 0 Å². The van der Waals surface area contributed by atoms with Gasteiger partial charge < -0.3 is 15.0 Å². The Morgan fingerprint density at radius 2 is 2.20 bits per heavy atom. The summed E-state index contributed by atoms with van der Waals surface area (Å²) in [5.41, 5.74) is 1.91. The number of halogens is 2. The molecule has 1 aromatic carbocycles. The van der Waals surface area contributed by atoms with Gasteiger partial charge in [-0.3, -0.25) is 4.79 Å². The third kappa shape index (κ3) is 4.75. The third-order valence-corrected chi connectivity index (χ3v) is 4.85. The number of carbonyl (C=O) groups excluding carboxylic acids is 1. The van der Waals surface area contributed by atoms with Crippen LogP contribution in [0.4, 0.5) is 0 Å². The first-order valence-electron chi connectivity index (χ1n) is 7.54. The van der Waals surface area contributed by atoms with E-state index in [2.05, 4.69) is 15.3 Å². The van der Waals surface area contributed by atoms with Crippen LogP contribution in [0.1, 0.15) is 5.69 Å². The molecule has 5 nitrogen and oxygen atoms in total. The van der Waals surface area contributed by atoms with Gasteiger partial charge in [0.25, 0.3) is 5.91 Å². The zero-order valence-corrected chi connectivity index (χ0v) is 15.4. The number of rotatable bonds is 7. The molecule has 0 aliphatic carbocycles. The molecule has 8 heteroatoms. The van der Waals surface area contributed by atoms with Crippen LogP contribution >= 0.6 is 34.5 Å². The van der Waals surface area contributed by atoms with Crippen molar-refractivity contribution < 1.29 is 9.53 Å². The summed E-state index contributed by atoms with van der Waals surface area (Å²) < 4.78 is 5.40. The van der Waals surface area contributed by atoms with Crippen molar-refractivity contribution in [2.45, 2.75) is 6.42 Å². The predicted molar refractivity (Wildman–Crippen MR) is 101 cm³/mol. The molecule has 3 rings (SSSR count). The second-order valence-corrected chi connectivity index (χ2v) is 6.96. The minimum Gasteiger partial charge on any atom is -0.482 e. The fourth-order valence-corrected chi connectivity index (χ4v) is 3.33. The normalized spacial score (nSPS) is 10.6. The number of benzene rings is 1. The van der Waals surface area contributed by atoms with Crippen molar-refractivity contribution >= 4 is 40.4 Å².